The Labute approximate surface area is 478 Å². The van der Waals surface area contributed by atoms with Crippen molar-refractivity contribution in [3.63, 3.8) is 0 Å². The average Bonchev–Trinajstić information content (AvgIpc) is 4.18. The van der Waals surface area contributed by atoms with E-state index < -0.39 is 0 Å². The van der Waals surface area contributed by atoms with Gasteiger partial charge in [-0.25, -0.2) is 0 Å². The molecule has 14 aromatic rings. The number of nitrogens with zero attached hydrogens (tertiary/aromatic N) is 2. The van der Waals surface area contributed by atoms with Gasteiger partial charge in [0.1, 0.15) is 22.3 Å². The molecule has 12 aromatic carbocycles. The lowest BCUT2D eigenvalue weighted by Crippen LogP contribution is -2.23. The van der Waals surface area contributed by atoms with Crippen molar-refractivity contribution in [2.24, 2.45) is 0 Å². The fourth-order valence-corrected chi connectivity index (χ4v) is 13.3. The fourth-order valence-electron chi connectivity index (χ4n) is 13.3. The standard InChI is InChI=1S/C78H58N2O2/c1-77(2)51-78(3,60-32-34-61(35-33-60)79(62-37-40-75-69(48-62)67-28-16-18-30-73(67)81-75)65-44-56(52-20-8-4-9-21-52)42-57(45-65)53-22-10-5-11-23-53)72-50-64(36-39-71(72)77)80(63-38-41-76-70(49-63)68-29-17-19-31-74(68)82-76)66-46-58(54-24-12-6-13-25-54)43-59(47-66)55-26-14-7-15-27-55/h4-50H,51H2,1-3H3. The topological polar surface area (TPSA) is 32.8 Å². The SMILES string of the molecule is CC1(C)CC(C)(c2ccc(N(c3cc(-c4ccccc4)cc(-c4ccccc4)c3)c3ccc4oc5ccccc5c4c3)cc2)c2cc(N(c3cc(-c4ccccc4)cc(-c4ccccc4)c3)c3ccc4oc5ccccc5c4c3)ccc21. The van der Waals surface area contributed by atoms with Gasteiger partial charge in [0.15, 0.2) is 0 Å². The second kappa shape index (κ2) is 19.6. The number of rotatable bonds is 11. The van der Waals surface area contributed by atoms with Gasteiger partial charge < -0.3 is 18.6 Å². The maximum atomic E-state index is 6.44. The van der Waals surface area contributed by atoms with Crippen LogP contribution in [-0.4, -0.2) is 0 Å². The summed E-state index contributed by atoms with van der Waals surface area (Å²) in [6.07, 6.45) is 0.945. The molecule has 0 amide bonds. The molecule has 0 fully saturated rings. The smallest absolute Gasteiger partial charge is 0.135 e. The van der Waals surface area contributed by atoms with Crippen molar-refractivity contribution >= 4 is 78.0 Å². The molecule has 4 nitrogen and oxygen atoms in total. The molecule has 1 unspecified atom stereocenters. The minimum absolute atomic E-state index is 0.102. The van der Waals surface area contributed by atoms with E-state index in [0.29, 0.717) is 0 Å². The Morgan fingerprint density at radius 2 is 0.622 bits per heavy atom. The molecule has 4 heteroatoms. The first kappa shape index (κ1) is 48.9. The van der Waals surface area contributed by atoms with E-state index in [4.69, 9.17) is 8.83 Å². The molecule has 0 radical (unpaired) electrons. The van der Waals surface area contributed by atoms with Crippen LogP contribution < -0.4 is 9.80 Å². The molecular weight excluding hydrogens is 997 g/mol. The highest BCUT2D eigenvalue weighted by Gasteiger charge is 2.46. The summed E-state index contributed by atoms with van der Waals surface area (Å²) in [5, 5.41) is 4.37. The van der Waals surface area contributed by atoms with Crippen molar-refractivity contribution < 1.29 is 8.83 Å². The molecule has 392 valence electrons. The third-order valence-corrected chi connectivity index (χ3v) is 17.2. The zero-order chi connectivity index (χ0) is 54.9. The Balaban J connectivity index is 0.892. The minimum Gasteiger partial charge on any atom is -0.456 e. The molecule has 0 spiro atoms. The highest BCUT2D eigenvalue weighted by atomic mass is 16.3. The lowest BCUT2D eigenvalue weighted by atomic mass is 9.75. The third kappa shape index (κ3) is 8.54. The summed E-state index contributed by atoms with van der Waals surface area (Å²) < 4.78 is 12.8. The molecule has 2 aromatic heterocycles. The summed E-state index contributed by atoms with van der Waals surface area (Å²) in [7, 11) is 0. The van der Waals surface area contributed by atoms with Crippen molar-refractivity contribution in [2.45, 2.75) is 38.0 Å². The summed E-state index contributed by atoms with van der Waals surface area (Å²) in [6, 6.07) is 104. The van der Waals surface area contributed by atoms with Crippen LogP contribution in [-0.2, 0) is 10.8 Å². The molecule has 82 heavy (non-hydrogen) atoms. The molecule has 1 aliphatic carbocycles. The maximum Gasteiger partial charge on any atom is 0.135 e. The van der Waals surface area contributed by atoms with Crippen LogP contribution >= 0.6 is 0 Å². The van der Waals surface area contributed by atoms with Gasteiger partial charge in [-0.05, 0) is 182 Å². The summed E-state index contributed by atoms with van der Waals surface area (Å²) in [5.41, 5.74) is 22.7. The molecule has 0 saturated carbocycles. The molecule has 0 N–H and O–H groups in total. The highest BCUT2D eigenvalue weighted by molar-refractivity contribution is 6.08. The molecule has 15 rings (SSSR count). The lowest BCUT2D eigenvalue weighted by molar-refractivity contribution is 0.425. The predicted octanol–water partition coefficient (Wildman–Crippen LogP) is 22.1. The van der Waals surface area contributed by atoms with Crippen molar-refractivity contribution in [3.05, 3.63) is 302 Å². The van der Waals surface area contributed by atoms with Crippen molar-refractivity contribution in [3.8, 4) is 44.5 Å². The van der Waals surface area contributed by atoms with Gasteiger partial charge in [0, 0.05) is 61.1 Å². The van der Waals surface area contributed by atoms with E-state index in [1.54, 1.807) is 0 Å². The fraction of sp³-hybridized carbons (Fsp3) is 0.0769. The van der Waals surface area contributed by atoms with Gasteiger partial charge in [0.25, 0.3) is 0 Å². The molecule has 0 bridgehead atoms. The van der Waals surface area contributed by atoms with Crippen LogP contribution in [0.5, 0.6) is 0 Å². The number of hydrogen-bond acceptors (Lipinski definition) is 4. The van der Waals surface area contributed by atoms with Gasteiger partial charge >= 0.3 is 0 Å². The lowest BCUT2D eigenvalue weighted by Gasteiger charge is -2.31. The van der Waals surface area contributed by atoms with Crippen molar-refractivity contribution in [2.75, 3.05) is 9.80 Å². The predicted molar refractivity (Wildman–Crippen MR) is 343 cm³/mol. The largest absolute Gasteiger partial charge is 0.456 e. The van der Waals surface area contributed by atoms with Crippen LogP contribution in [0.4, 0.5) is 34.1 Å². The first-order chi connectivity index (χ1) is 40.2. The van der Waals surface area contributed by atoms with Crippen LogP contribution in [0.15, 0.2) is 294 Å². The zero-order valence-corrected chi connectivity index (χ0v) is 46.1. The molecule has 1 atom stereocenters. The Kier molecular flexibility index (Phi) is 11.7. The number of furan rings is 2. The Morgan fingerprint density at radius 1 is 0.268 bits per heavy atom. The van der Waals surface area contributed by atoms with E-state index in [9.17, 15) is 0 Å². The van der Waals surface area contributed by atoms with Crippen LogP contribution in [0.3, 0.4) is 0 Å². The van der Waals surface area contributed by atoms with E-state index >= 15 is 0 Å². The van der Waals surface area contributed by atoms with Gasteiger partial charge in [0.05, 0.1) is 0 Å². The summed E-state index contributed by atoms with van der Waals surface area (Å²) in [4.78, 5) is 4.88. The van der Waals surface area contributed by atoms with Crippen LogP contribution in [0, 0.1) is 0 Å². The normalized spacial score (nSPS) is 14.6. The summed E-state index contributed by atoms with van der Waals surface area (Å²) in [5.74, 6) is 0. The van der Waals surface area contributed by atoms with Crippen molar-refractivity contribution in [1.82, 2.24) is 0 Å². The first-order valence-electron chi connectivity index (χ1n) is 28.4. The van der Waals surface area contributed by atoms with Gasteiger partial charge in [-0.2, -0.15) is 0 Å². The molecular formula is C78H58N2O2. The van der Waals surface area contributed by atoms with Gasteiger partial charge in [-0.15, -0.1) is 0 Å². The van der Waals surface area contributed by atoms with E-state index in [0.717, 1.165) is 118 Å². The molecule has 0 aliphatic heterocycles. The van der Waals surface area contributed by atoms with Gasteiger partial charge in [0.2, 0.25) is 0 Å². The average molecular weight is 1060 g/mol. The molecule has 2 heterocycles. The van der Waals surface area contributed by atoms with Crippen LogP contribution in [0.25, 0.3) is 88.4 Å². The van der Waals surface area contributed by atoms with E-state index in [1.807, 2.05) is 12.1 Å². The van der Waals surface area contributed by atoms with Gasteiger partial charge in [-0.1, -0.05) is 197 Å². The van der Waals surface area contributed by atoms with Crippen molar-refractivity contribution in [1.29, 1.82) is 0 Å². The quantitative estimate of drug-likeness (QED) is 0.129. The Bertz CT molecular complexity index is 4580. The van der Waals surface area contributed by atoms with Gasteiger partial charge in [-0.3, -0.25) is 0 Å². The highest BCUT2D eigenvalue weighted by Crippen LogP contribution is 2.55. The zero-order valence-electron chi connectivity index (χ0n) is 46.1. The number of para-hydroxylation sites is 2. The van der Waals surface area contributed by atoms with E-state index in [1.165, 1.54) is 27.8 Å². The number of benzene rings is 12. The minimum atomic E-state index is -0.335. The number of anilines is 6. The molecule has 0 saturated heterocycles. The second-order valence-corrected chi connectivity index (χ2v) is 22.9. The Hall–Kier alpha value is -10.2. The van der Waals surface area contributed by atoms with Crippen LogP contribution in [0.1, 0.15) is 43.9 Å². The number of fused-ring (bicyclic) bond motifs is 7. The number of hydrogen-bond donors (Lipinski definition) is 0. The summed E-state index contributed by atoms with van der Waals surface area (Å²) >= 11 is 0. The Morgan fingerprint density at radius 3 is 1.06 bits per heavy atom. The first-order valence-corrected chi connectivity index (χ1v) is 28.4. The third-order valence-electron chi connectivity index (χ3n) is 17.2. The van der Waals surface area contributed by atoms with Crippen LogP contribution in [0.2, 0.25) is 0 Å². The molecule has 1 aliphatic rings. The monoisotopic (exact) mass is 1050 g/mol. The maximum absolute atomic E-state index is 6.44. The second-order valence-electron chi connectivity index (χ2n) is 22.9. The van der Waals surface area contributed by atoms with E-state index in [2.05, 4.69) is 304 Å². The summed E-state index contributed by atoms with van der Waals surface area (Å²) in [6.45, 7) is 7.29. The van der Waals surface area contributed by atoms with E-state index in [-0.39, 0.29) is 10.8 Å².